The number of nitrogens with zero attached hydrogens (tertiary/aromatic N) is 2. The zero-order valence-corrected chi connectivity index (χ0v) is 12.3. The van der Waals surface area contributed by atoms with Crippen molar-refractivity contribution in [2.45, 2.75) is 33.2 Å². The normalized spacial score (nSPS) is 12.5. The molecule has 1 heterocycles. The van der Waals surface area contributed by atoms with Crippen molar-refractivity contribution >= 4 is 23.4 Å². The molecule has 1 aromatic rings. The van der Waals surface area contributed by atoms with Gasteiger partial charge in [-0.25, -0.2) is 0 Å². The molecule has 0 radical (unpaired) electrons. The fourth-order valence-electron chi connectivity index (χ4n) is 1.55. The molecule has 0 aliphatic rings. The van der Waals surface area contributed by atoms with Gasteiger partial charge >= 0.3 is 0 Å². The van der Waals surface area contributed by atoms with Crippen molar-refractivity contribution in [1.29, 1.82) is 0 Å². The third-order valence-corrected chi connectivity index (χ3v) is 3.99. The maximum atomic E-state index is 11.8. The molecule has 1 amide bonds. The van der Waals surface area contributed by atoms with E-state index < -0.39 is 0 Å². The van der Waals surface area contributed by atoms with E-state index in [2.05, 4.69) is 10.4 Å². The van der Waals surface area contributed by atoms with E-state index in [1.807, 2.05) is 27.8 Å². The highest BCUT2D eigenvalue weighted by Crippen LogP contribution is 2.18. The van der Waals surface area contributed by atoms with Crippen molar-refractivity contribution in [2.75, 3.05) is 16.8 Å². The molecular formula is C12H22N4OS. The number of nitrogens with one attached hydrogen (secondary N) is 1. The molecule has 3 N–H and O–H groups in total. The number of carbonyl (C=O) groups excluding carboxylic acids is 1. The van der Waals surface area contributed by atoms with Crippen LogP contribution in [0.5, 0.6) is 0 Å². The largest absolute Gasteiger partial charge is 0.327 e. The highest BCUT2D eigenvalue weighted by atomic mass is 32.2. The number of hydrogen-bond acceptors (Lipinski definition) is 4. The van der Waals surface area contributed by atoms with E-state index in [0.29, 0.717) is 5.75 Å². The van der Waals surface area contributed by atoms with Crippen molar-refractivity contribution in [2.24, 2.45) is 12.8 Å². The number of rotatable bonds is 6. The lowest BCUT2D eigenvalue weighted by Gasteiger charge is -2.08. The molecule has 0 aliphatic heterocycles. The molecule has 1 unspecified atom stereocenters. The predicted molar refractivity (Wildman–Crippen MR) is 76.9 cm³/mol. The highest BCUT2D eigenvalue weighted by Gasteiger charge is 2.12. The van der Waals surface area contributed by atoms with E-state index in [9.17, 15) is 4.79 Å². The summed E-state index contributed by atoms with van der Waals surface area (Å²) in [6.45, 7) is 5.88. The van der Waals surface area contributed by atoms with Gasteiger partial charge < -0.3 is 11.1 Å². The van der Waals surface area contributed by atoms with Crippen LogP contribution in [0.25, 0.3) is 0 Å². The summed E-state index contributed by atoms with van der Waals surface area (Å²) < 4.78 is 1.77. The number of anilines is 1. The van der Waals surface area contributed by atoms with E-state index in [-0.39, 0.29) is 11.9 Å². The summed E-state index contributed by atoms with van der Waals surface area (Å²) >= 11 is 1.57. The standard InChI is InChI=1S/C12H22N4OS/c1-5-10(13)6-18-7-11(17)14-12-8(2)15-16(4)9(12)3/h10H,5-7,13H2,1-4H3,(H,14,17). The first kappa shape index (κ1) is 15.0. The first-order valence-electron chi connectivity index (χ1n) is 6.09. The maximum absolute atomic E-state index is 11.8. The van der Waals surface area contributed by atoms with Gasteiger partial charge in [0.1, 0.15) is 0 Å². The molecule has 0 aromatic carbocycles. The van der Waals surface area contributed by atoms with E-state index in [1.165, 1.54) is 0 Å². The lowest BCUT2D eigenvalue weighted by Crippen LogP contribution is -2.23. The summed E-state index contributed by atoms with van der Waals surface area (Å²) in [5.41, 5.74) is 8.43. The van der Waals surface area contributed by atoms with Gasteiger partial charge in [0.2, 0.25) is 5.91 Å². The van der Waals surface area contributed by atoms with Gasteiger partial charge in [0, 0.05) is 18.8 Å². The van der Waals surface area contributed by atoms with Crippen LogP contribution < -0.4 is 11.1 Å². The van der Waals surface area contributed by atoms with Gasteiger partial charge in [0.05, 0.1) is 22.8 Å². The summed E-state index contributed by atoms with van der Waals surface area (Å²) in [5.74, 6) is 1.25. The van der Waals surface area contributed by atoms with Gasteiger partial charge in [-0.2, -0.15) is 16.9 Å². The maximum Gasteiger partial charge on any atom is 0.234 e. The number of thioether (sulfide) groups is 1. The molecule has 0 saturated heterocycles. The molecule has 1 atom stereocenters. The first-order chi connectivity index (χ1) is 8.45. The Morgan fingerprint density at radius 1 is 1.56 bits per heavy atom. The van der Waals surface area contributed by atoms with Crippen molar-refractivity contribution in [3.8, 4) is 0 Å². The quantitative estimate of drug-likeness (QED) is 0.820. The van der Waals surface area contributed by atoms with Gasteiger partial charge in [-0.1, -0.05) is 6.92 Å². The van der Waals surface area contributed by atoms with Crippen molar-refractivity contribution in [3.63, 3.8) is 0 Å². The van der Waals surface area contributed by atoms with E-state index >= 15 is 0 Å². The predicted octanol–water partition coefficient (Wildman–Crippen LogP) is 1.45. The van der Waals surface area contributed by atoms with Crippen LogP contribution in [0.4, 0.5) is 5.69 Å². The van der Waals surface area contributed by atoms with Crippen LogP contribution in [0.2, 0.25) is 0 Å². The molecule has 1 rings (SSSR count). The first-order valence-corrected chi connectivity index (χ1v) is 7.24. The number of amides is 1. The third kappa shape index (κ3) is 4.03. The van der Waals surface area contributed by atoms with Crippen LogP contribution in [0.3, 0.4) is 0 Å². The average Bonchev–Trinajstić information content (AvgIpc) is 2.56. The van der Waals surface area contributed by atoms with Crippen LogP contribution in [0.1, 0.15) is 24.7 Å². The minimum absolute atomic E-state index is 0.00232. The van der Waals surface area contributed by atoms with Gasteiger partial charge in [-0.3, -0.25) is 9.48 Å². The Labute approximate surface area is 112 Å². The molecule has 6 heteroatoms. The van der Waals surface area contributed by atoms with Gasteiger partial charge in [-0.15, -0.1) is 0 Å². The molecule has 1 aromatic heterocycles. The van der Waals surface area contributed by atoms with Gasteiger partial charge in [0.15, 0.2) is 0 Å². The second-order valence-electron chi connectivity index (χ2n) is 4.40. The Hall–Kier alpha value is -1.01. The Kier molecular flexibility index (Phi) is 5.68. The van der Waals surface area contributed by atoms with E-state index in [1.54, 1.807) is 16.4 Å². The SMILES string of the molecule is CCC(N)CSCC(=O)Nc1c(C)nn(C)c1C. The topological polar surface area (TPSA) is 72.9 Å². The molecule has 0 fully saturated rings. The minimum atomic E-state index is 0.00232. The summed E-state index contributed by atoms with van der Waals surface area (Å²) in [6, 6.07) is 0.171. The van der Waals surface area contributed by atoms with Crippen LogP contribution >= 0.6 is 11.8 Å². The van der Waals surface area contributed by atoms with Gasteiger partial charge in [0.25, 0.3) is 0 Å². The van der Waals surface area contributed by atoms with E-state index in [0.717, 1.165) is 29.2 Å². The van der Waals surface area contributed by atoms with Crippen LogP contribution in [0, 0.1) is 13.8 Å². The zero-order chi connectivity index (χ0) is 13.7. The molecule has 0 spiro atoms. The summed E-state index contributed by atoms with van der Waals surface area (Å²) in [5, 5.41) is 7.17. The number of aromatic nitrogens is 2. The molecule has 0 saturated carbocycles. The average molecular weight is 270 g/mol. The monoisotopic (exact) mass is 270 g/mol. The second kappa shape index (κ2) is 6.80. The third-order valence-electron chi connectivity index (χ3n) is 2.86. The van der Waals surface area contributed by atoms with Crippen LogP contribution in [-0.4, -0.2) is 33.2 Å². The highest BCUT2D eigenvalue weighted by molar-refractivity contribution is 8.00. The molecule has 5 nitrogen and oxygen atoms in total. The fourth-order valence-corrected chi connectivity index (χ4v) is 2.46. The Morgan fingerprint density at radius 3 is 2.72 bits per heavy atom. The van der Waals surface area contributed by atoms with Crippen LogP contribution in [-0.2, 0) is 11.8 Å². The fraction of sp³-hybridized carbons (Fsp3) is 0.667. The molecule has 0 bridgehead atoms. The smallest absolute Gasteiger partial charge is 0.234 e. The Balaban J connectivity index is 2.45. The molecule has 0 aliphatic carbocycles. The Bertz CT molecular complexity index is 416. The number of carbonyl (C=O) groups is 1. The minimum Gasteiger partial charge on any atom is -0.327 e. The zero-order valence-electron chi connectivity index (χ0n) is 11.5. The second-order valence-corrected chi connectivity index (χ2v) is 5.43. The van der Waals surface area contributed by atoms with Crippen molar-refractivity contribution in [3.05, 3.63) is 11.4 Å². The summed E-state index contributed by atoms with van der Waals surface area (Å²) in [7, 11) is 1.87. The lowest BCUT2D eigenvalue weighted by atomic mass is 10.3. The van der Waals surface area contributed by atoms with Crippen molar-refractivity contribution in [1.82, 2.24) is 9.78 Å². The Morgan fingerprint density at radius 2 is 2.22 bits per heavy atom. The van der Waals surface area contributed by atoms with Gasteiger partial charge in [-0.05, 0) is 20.3 Å². The molecule has 18 heavy (non-hydrogen) atoms. The lowest BCUT2D eigenvalue weighted by molar-refractivity contribution is -0.113. The number of hydrogen-bond donors (Lipinski definition) is 2. The molecular weight excluding hydrogens is 248 g/mol. The van der Waals surface area contributed by atoms with E-state index in [4.69, 9.17) is 5.73 Å². The number of nitrogens with two attached hydrogens (primary N) is 1. The van der Waals surface area contributed by atoms with Crippen molar-refractivity contribution < 1.29 is 4.79 Å². The van der Waals surface area contributed by atoms with Crippen LogP contribution in [0.15, 0.2) is 0 Å². The molecule has 102 valence electrons. The number of aryl methyl sites for hydroxylation is 2. The summed E-state index contributed by atoms with van der Waals surface area (Å²) in [6.07, 6.45) is 0.940. The summed E-state index contributed by atoms with van der Waals surface area (Å²) in [4.78, 5) is 11.8.